The van der Waals surface area contributed by atoms with Crippen LogP contribution in [0.4, 0.5) is 6.01 Å². The molecule has 0 amide bonds. The van der Waals surface area contributed by atoms with Crippen LogP contribution in [0.2, 0.25) is 0 Å². The van der Waals surface area contributed by atoms with Crippen molar-refractivity contribution in [3.05, 3.63) is 23.9 Å². The minimum absolute atomic E-state index is 0.435. The number of aryl methyl sites for hydroxylation is 1. The molecule has 16 heavy (non-hydrogen) atoms. The molecule has 1 N–H and O–H groups in total. The first-order valence-electron chi connectivity index (χ1n) is 5.37. The maximum Gasteiger partial charge on any atom is 0.321 e. The van der Waals surface area contributed by atoms with E-state index < -0.39 is 0 Å². The lowest BCUT2D eigenvalue weighted by Crippen LogP contribution is -1.96. The van der Waals surface area contributed by atoms with E-state index >= 15 is 0 Å². The average molecular weight is 218 g/mol. The summed E-state index contributed by atoms with van der Waals surface area (Å²) >= 11 is 0. The van der Waals surface area contributed by atoms with Gasteiger partial charge in [0.05, 0.1) is 0 Å². The van der Waals surface area contributed by atoms with Crippen LogP contribution < -0.4 is 5.32 Å². The highest BCUT2D eigenvalue weighted by Gasteiger charge is 2.11. The van der Waals surface area contributed by atoms with Crippen molar-refractivity contribution in [1.82, 2.24) is 15.1 Å². The fourth-order valence-corrected chi connectivity index (χ4v) is 1.47. The minimum atomic E-state index is 0.435. The Bertz CT molecular complexity index is 467. The van der Waals surface area contributed by atoms with E-state index in [4.69, 9.17) is 4.52 Å². The molecule has 2 aromatic rings. The highest BCUT2D eigenvalue weighted by Crippen LogP contribution is 2.19. The molecule has 5 nitrogen and oxygen atoms in total. The number of hydrogen-bond acceptors (Lipinski definition) is 5. The third-order valence-electron chi connectivity index (χ3n) is 2.24. The molecule has 2 heterocycles. The molecule has 0 bridgehead atoms. The van der Waals surface area contributed by atoms with Crippen LogP contribution in [0.3, 0.4) is 0 Å². The first-order valence-corrected chi connectivity index (χ1v) is 5.37. The predicted molar refractivity (Wildman–Crippen MR) is 61.1 cm³/mol. The van der Waals surface area contributed by atoms with Crippen molar-refractivity contribution in [2.24, 2.45) is 0 Å². The third-order valence-corrected chi connectivity index (χ3v) is 2.24. The molecule has 2 aromatic heterocycles. The third kappa shape index (κ3) is 2.03. The van der Waals surface area contributed by atoms with Crippen LogP contribution in [0.25, 0.3) is 11.5 Å². The Balaban J connectivity index is 2.34. The van der Waals surface area contributed by atoms with E-state index in [9.17, 15) is 0 Å². The Kier molecular flexibility index (Phi) is 3.14. The molecule has 0 aromatic carbocycles. The maximum absolute atomic E-state index is 5.05. The van der Waals surface area contributed by atoms with Crippen molar-refractivity contribution < 1.29 is 4.52 Å². The SMILES string of the molecule is CCNc1nc(-c2ncccc2CC)no1. The summed E-state index contributed by atoms with van der Waals surface area (Å²) < 4.78 is 5.05. The number of rotatable bonds is 4. The number of nitrogens with one attached hydrogen (secondary N) is 1. The van der Waals surface area contributed by atoms with Gasteiger partial charge < -0.3 is 9.84 Å². The van der Waals surface area contributed by atoms with Crippen LogP contribution in [0.1, 0.15) is 19.4 Å². The molecule has 84 valence electrons. The van der Waals surface area contributed by atoms with Crippen molar-refractivity contribution in [2.75, 3.05) is 11.9 Å². The first kappa shape index (κ1) is 10.6. The summed E-state index contributed by atoms with van der Waals surface area (Å²) in [6, 6.07) is 4.37. The Hall–Kier alpha value is -1.91. The van der Waals surface area contributed by atoms with Crippen molar-refractivity contribution in [3.63, 3.8) is 0 Å². The number of nitrogens with zero attached hydrogens (tertiary/aromatic N) is 3. The summed E-state index contributed by atoms with van der Waals surface area (Å²) in [6.45, 7) is 4.80. The fourth-order valence-electron chi connectivity index (χ4n) is 1.47. The Morgan fingerprint density at radius 1 is 1.38 bits per heavy atom. The molecule has 0 aliphatic rings. The largest absolute Gasteiger partial charge is 0.338 e. The molecule has 0 unspecified atom stereocenters. The van der Waals surface area contributed by atoms with Gasteiger partial charge in [0.25, 0.3) is 0 Å². The van der Waals surface area contributed by atoms with Crippen LogP contribution in [-0.4, -0.2) is 21.7 Å². The van der Waals surface area contributed by atoms with Gasteiger partial charge in [-0.2, -0.15) is 4.98 Å². The summed E-state index contributed by atoms with van der Waals surface area (Å²) in [5, 5.41) is 6.87. The molecule has 0 aliphatic heterocycles. The van der Waals surface area contributed by atoms with Crippen LogP contribution in [-0.2, 0) is 6.42 Å². The van der Waals surface area contributed by atoms with Crippen molar-refractivity contribution in [2.45, 2.75) is 20.3 Å². The molecule has 0 saturated carbocycles. The van der Waals surface area contributed by atoms with Gasteiger partial charge in [0.2, 0.25) is 5.82 Å². The quantitative estimate of drug-likeness (QED) is 0.851. The van der Waals surface area contributed by atoms with E-state index in [0.717, 1.165) is 24.2 Å². The molecular formula is C11H14N4O. The lowest BCUT2D eigenvalue weighted by molar-refractivity contribution is 0.432. The number of pyridine rings is 1. The van der Waals surface area contributed by atoms with E-state index in [0.29, 0.717) is 11.8 Å². The van der Waals surface area contributed by atoms with Gasteiger partial charge in [0.1, 0.15) is 5.69 Å². The van der Waals surface area contributed by atoms with Crippen LogP contribution in [0.15, 0.2) is 22.9 Å². The smallest absolute Gasteiger partial charge is 0.321 e. The Labute approximate surface area is 93.9 Å². The fraction of sp³-hybridized carbons (Fsp3) is 0.364. The highest BCUT2D eigenvalue weighted by atomic mass is 16.5. The lowest BCUT2D eigenvalue weighted by atomic mass is 10.1. The Morgan fingerprint density at radius 2 is 2.25 bits per heavy atom. The first-order chi connectivity index (χ1) is 7.85. The van der Waals surface area contributed by atoms with E-state index in [-0.39, 0.29) is 0 Å². The van der Waals surface area contributed by atoms with Gasteiger partial charge in [-0.05, 0) is 25.0 Å². The standard InChI is InChI=1S/C11H14N4O/c1-3-8-6-5-7-13-9(8)10-14-11(12-4-2)16-15-10/h5-7H,3-4H2,1-2H3,(H,12,14,15). The van der Waals surface area contributed by atoms with E-state index in [1.807, 2.05) is 19.1 Å². The second-order valence-corrected chi connectivity index (χ2v) is 3.32. The summed E-state index contributed by atoms with van der Waals surface area (Å²) in [7, 11) is 0. The van der Waals surface area contributed by atoms with Gasteiger partial charge in [-0.15, -0.1) is 0 Å². The maximum atomic E-state index is 5.05. The molecular weight excluding hydrogens is 204 g/mol. The van der Waals surface area contributed by atoms with Gasteiger partial charge in [0.15, 0.2) is 0 Å². The molecule has 0 radical (unpaired) electrons. The second-order valence-electron chi connectivity index (χ2n) is 3.32. The van der Waals surface area contributed by atoms with Crippen LogP contribution in [0.5, 0.6) is 0 Å². The topological polar surface area (TPSA) is 63.8 Å². The van der Waals surface area contributed by atoms with Gasteiger partial charge in [-0.1, -0.05) is 18.1 Å². The molecule has 0 atom stereocenters. The normalized spacial score (nSPS) is 10.4. The zero-order valence-corrected chi connectivity index (χ0v) is 9.40. The second kappa shape index (κ2) is 4.74. The number of aromatic nitrogens is 3. The molecule has 0 spiro atoms. The van der Waals surface area contributed by atoms with Gasteiger partial charge in [0, 0.05) is 12.7 Å². The van der Waals surface area contributed by atoms with Crippen molar-refractivity contribution in [3.8, 4) is 11.5 Å². The van der Waals surface area contributed by atoms with Crippen LogP contribution >= 0.6 is 0 Å². The summed E-state index contributed by atoms with van der Waals surface area (Å²) in [4.78, 5) is 8.51. The number of hydrogen-bond donors (Lipinski definition) is 1. The molecule has 2 rings (SSSR count). The predicted octanol–water partition coefficient (Wildman–Crippen LogP) is 2.13. The zero-order chi connectivity index (χ0) is 11.4. The molecule has 0 aliphatic carbocycles. The Morgan fingerprint density at radius 3 is 3.00 bits per heavy atom. The molecule has 5 heteroatoms. The lowest BCUT2D eigenvalue weighted by Gasteiger charge is -2.00. The average Bonchev–Trinajstić information content (AvgIpc) is 2.78. The minimum Gasteiger partial charge on any atom is -0.338 e. The number of anilines is 1. The monoisotopic (exact) mass is 218 g/mol. The zero-order valence-electron chi connectivity index (χ0n) is 9.40. The van der Waals surface area contributed by atoms with E-state index in [1.165, 1.54) is 0 Å². The van der Waals surface area contributed by atoms with Gasteiger partial charge in [-0.25, -0.2) is 0 Å². The van der Waals surface area contributed by atoms with Crippen molar-refractivity contribution in [1.29, 1.82) is 0 Å². The molecule has 0 saturated heterocycles. The van der Waals surface area contributed by atoms with Crippen molar-refractivity contribution >= 4 is 6.01 Å². The van der Waals surface area contributed by atoms with Gasteiger partial charge >= 0.3 is 6.01 Å². The summed E-state index contributed by atoms with van der Waals surface area (Å²) in [5.74, 6) is 0.536. The van der Waals surface area contributed by atoms with E-state index in [1.54, 1.807) is 6.20 Å². The van der Waals surface area contributed by atoms with Crippen LogP contribution in [0, 0.1) is 0 Å². The summed E-state index contributed by atoms with van der Waals surface area (Å²) in [5.41, 5.74) is 1.91. The summed E-state index contributed by atoms with van der Waals surface area (Å²) in [6.07, 6.45) is 2.63. The molecule has 0 fully saturated rings. The van der Waals surface area contributed by atoms with E-state index in [2.05, 4.69) is 27.4 Å². The highest BCUT2D eigenvalue weighted by molar-refractivity contribution is 5.55. The van der Waals surface area contributed by atoms with Gasteiger partial charge in [-0.3, -0.25) is 4.98 Å².